The highest BCUT2D eigenvalue weighted by Gasteiger charge is 2.31. The van der Waals surface area contributed by atoms with Gasteiger partial charge in [0.2, 0.25) is 21.8 Å². The summed E-state index contributed by atoms with van der Waals surface area (Å²) in [4.78, 5) is 37.9. The van der Waals surface area contributed by atoms with Crippen LogP contribution >= 0.6 is 0 Å². The summed E-state index contributed by atoms with van der Waals surface area (Å²) >= 11 is 0. The second kappa shape index (κ2) is 12.2. The second-order valence-electron chi connectivity index (χ2n) is 7.78. The number of anilines is 1. The molecule has 2 aromatic rings. The van der Waals surface area contributed by atoms with E-state index >= 15 is 0 Å². The molecule has 2 aromatic carbocycles. The van der Waals surface area contributed by atoms with Gasteiger partial charge in [0.15, 0.2) is 0 Å². The number of nitrogens with zero attached hydrogens (tertiary/aromatic N) is 3. The molecule has 11 nitrogen and oxygen atoms in total. The molecule has 0 radical (unpaired) electrons. The highest BCUT2D eigenvalue weighted by molar-refractivity contribution is 7.92. The van der Waals surface area contributed by atoms with Crippen molar-refractivity contribution in [1.29, 1.82) is 0 Å². The molecule has 2 amide bonds. The summed E-state index contributed by atoms with van der Waals surface area (Å²) in [5.74, 6) is -0.979. The summed E-state index contributed by atoms with van der Waals surface area (Å²) in [5, 5.41) is 14.0. The van der Waals surface area contributed by atoms with Crippen molar-refractivity contribution >= 4 is 33.2 Å². The van der Waals surface area contributed by atoms with Gasteiger partial charge in [0.05, 0.1) is 18.3 Å². The quantitative estimate of drug-likeness (QED) is 0.343. The third-order valence-corrected chi connectivity index (χ3v) is 6.45. The number of sulfonamides is 1. The largest absolute Gasteiger partial charge is 0.495 e. The lowest BCUT2D eigenvalue weighted by Crippen LogP contribution is -2.52. The molecule has 0 aromatic heterocycles. The number of methoxy groups -OCH3 is 1. The van der Waals surface area contributed by atoms with Gasteiger partial charge in [0.1, 0.15) is 24.0 Å². The fraction of sp³-hybridized carbons (Fsp3) is 0.391. The Morgan fingerprint density at radius 3 is 2.37 bits per heavy atom. The van der Waals surface area contributed by atoms with Crippen LogP contribution in [0.5, 0.6) is 5.75 Å². The molecule has 190 valence electrons. The molecule has 1 N–H and O–H groups in total. The number of benzene rings is 2. The van der Waals surface area contributed by atoms with Crippen molar-refractivity contribution in [3.63, 3.8) is 0 Å². The van der Waals surface area contributed by atoms with E-state index < -0.39 is 33.4 Å². The minimum Gasteiger partial charge on any atom is -0.495 e. The van der Waals surface area contributed by atoms with E-state index in [0.717, 1.165) is 22.2 Å². The number of hydrogen-bond donors (Lipinski definition) is 1. The van der Waals surface area contributed by atoms with Gasteiger partial charge in [-0.1, -0.05) is 30.3 Å². The third-order valence-electron chi connectivity index (χ3n) is 5.32. The maximum absolute atomic E-state index is 13.4. The summed E-state index contributed by atoms with van der Waals surface area (Å²) in [6.07, 6.45) is 1.33. The molecule has 0 heterocycles. The molecular weight excluding hydrogens is 476 g/mol. The molecule has 0 fully saturated rings. The van der Waals surface area contributed by atoms with Crippen LogP contribution in [0.4, 0.5) is 11.4 Å². The molecule has 0 aliphatic heterocycles. The maximum atomic E-state index is 13.4. The highest BCUT2D eigenvalue weighted by atomic mass is 32.2. The number of nitro groups is 1. The molecular formula is C23H30N4O7S. The Hall–Kier alpha value is -3.67. The van der Waals surface area contributed by atoms with Gasteiger partial charge in [-0.3, -0.25) is 24.0 Å². The lowest BCUT2D eigenvalue weighted by atomic mass is 10.1. The number of likely N-dealkylation sites (N-methyl/N-ethyl adjacent to an activating group) is 1. The topological polar surface area (TPSA) is 139 Å². The Morgan fingerprint density at radius 1 is 1.17 bits per heavy atom. The molecule has 0 bridgehead atoms. The van der Waals surface area contributed by atoms with Crippen LogP contribution < -0.4 is 14.4 Å². The molecule has 1 atom stereocenters. The minimum atomic E-state index is -4.06. The van der Waals surface area contributed by atoms with Crippen molar-refractivity contribution in [3.8, 4) is 5.75 Å². The molecule has 0 aliphatic carbocycles. The zero-order valence-corrected chi connectivity index (χ0v) is 20.9. The van der Waals surface area contributed by atoms with E-state index in [4.69, 9.17) is 4.74 Å². The van der Waals surface area contributed by atoms with Gasteiger partial charge in [-0.05, 0) is 31.9 Å². The van der Waals surface area contributed by atoms with Crippen LogP contribution in [0.1, 0.15) is 19.4 Å². The van der Waals surface area contributed by atoms with Gasteiger partial charge < -0.3 is 15.0 Å². The smallest absolute Gasteiger partial charge is 0.271 e. The van der Waals surface area contributed by atoms with E-state index in [1.54, 1.807) is 13.8 Å². The van der Waals surface area contributed by atoms with E-state index in [0.29, 0.717) is 13.0 Å². The van der Waals surface area contributed by atoms with Crippen molar-refractivity contribution < 1.29 is 27.7 Å². The number of nitro benzene ring substituents is 1. The zero-order valence-electron chi connectivity index (χ0n) is 20.1. The van der Waals surface area contributed by atoms with Gasteiger partial charge in [0, 0.05) is 25.2 Å². The predicted octanol–water partition coefficient (Wildman–Crippen LogP) is 1.97. The fourth-order valence-electron chi connectivity index (χ4n) is 3.47. The van der Waals surface area contributed by atoms with E-state index in [9.17, 15) is 28.1 Å². The first kappa shape index (κ1) is 27.6. The van der Waals surface area contributed by atoms with Crippen molar-refractivity contribution in [2.75, 3.05) is 37.3 Å². The fourth-order valence-corrected chi connectivity index (χ4v) is 4.32. The van der Waals surface area contributed by atoms with Gasteiger partial charge in [-0.2, -0.15) is 0 Å². The molecule has 0 spiro atoms. The lowest BCUT2D eigenvalue weighted by Gasteiger charge is -2.31. The van der Waals surface area contributed by atoms with Gasteiger partial charge in [-0.25, -0.2) is 8.42 Å². The Kier molecular flexibility index (Phi) is 9.58. The number of ether oxygens (including phenoxy) is 1. The number of amides is 2. The Labute approximate surface area is 204 Å². The molecule has 0 saturated carbocycles. The monoisotopic (exact) mass is 506 g/mol. The molecule has 12 heteroatoms. The molecule has 0 aliphatic rings. The number of rotatable bonds is 12. The summed E-state index contributed by atoms with van der Waals surface area (Å²) in [5.41, 5.74) is 0.429. The summed E-state index contributed by atoms with van der Waals surface area (Å²) in [6, 6.07) is 11.9. The van der Waals surface area contributed by atoms with Crippen molar-refractivity contribution in [2.24, 2.45) is 0 Å². The maximum Gasteiger partial charge on any atom is 0.271 e. The molecule has 35 heavy (non-hydrogen) atoms. The van der Waals surface area contributed by atoms with E-state index in [1.165, 1.54) is 24.1 Å². The summed E-state index contributed by atoms with van der Waals surface area (Å²) < 4.78 is 31.3. The number of carbonyl (C=O) groups excluding carboxylic acids is 2. The second-order valence-corrected chi connectivity index (χ2v) is 9.68. The first-order valence-corrected chi connectivity index (χ1v) is 12.8. The average molecular weight is 507 g/mol. The number of hydrogen-bond acceptors (Lipinski definition) is 7. The van der Waals surface area contributed by atoms with Gasteiger partial charge in [0.25, 0.3) is 5.69 Å². The number of non-ortho nitro benzene ring substituents is 1. The SMILES string of the molecule is CCNC(=O)C(C)N(CCc1ccccc1)C(=O)CN(c1cc([N+](=O)[O-])ccc1OC)S(C)(=O)=O. The van der Waals surface area contributed by atoms with Crippen molar-refractivity contribution in [3.05, 3.63) is 64.2 Å². The van der Waals surface area contributed by atoms with Gasteiger partial charge >= 0.3 is 0 Å². The van der Waals surface area contributed by atoms with Crippen molar-refractivity contribution in [2.45, 2.75) is 26.3 Å². The average Bonchev–Trinajstić information content (AvgIpc) is 2.82. The van der Waals surface area contributed by atoms with Crippen LogP contribution in [0.25, 0.3) is 0 Å². The molecule has 2 rings (SSSR count). The van der Waals surface area contributed by atoms with Crippen LogP contribution in [0.3, 0.4) is 0 Å². The zero-order chi connectivity index (χ0) is 26.2. The van der Waals surface area contributed by atoms with Crippen LogP contribution in [-0.4, -0.2) is 69.1 Å². The number of carbonyl (C=O) groups is 2. The summed E-state index contributed by atoms with van der Waals surface area (Å²) in [6.45, 7) is 3.16. The normalized spacial score (nSPS) is 11.9. The Morgan fingerprint density at radius 2 is 1.83 bits per heavy atom. The van der Waals surface area contributed by atoms with Gasteiger partial charge in [-0.15, -0.1) is 0 Å². The van der Waals surface area contributed by atoms with E-state index in [2.05, 4.69) is 5.32 Å². The number of nitrogens with one attached hydrogen (secondary N) is 1. The molecule has 0 saturated heterocycles. The minimum absolute atomic E-state index is 0.0430. The first-order valence-electron chi connectivity index (χ1n) is 10.9. The van der Waals surface area contributed by atoms with Crippen molar-refractivity contribution in [1.82, 2.24) is 10.2 Å². The Balaban J connectivity index is 2.43. The first-order chi connectivity index (χ1) is 16.5. The Bertz CT molecular complexity index is 1160. The van der Waals surface area contributed by atoms with Crippen LogP contribution in [-0.2, 0) is 26.0 Å². The standard InChI is InChI=1S/C23H30N4O7S/c1-5-24-23(29)17(2)25(14-13-18-9-7-6-8-10-18)22(28)16-26(35(4,32)33)20-15-19(27(30)31)11-12-21(20)34-3/h6-12,15,17H,5,13-14,16H2,1-4H3,(H,24,29). The third kappa shape index (κ3) is 7.41. The van der Waals surface area contributed by atoms with E-state index in [1.807, 2.05) is 30.3 Å². The van der Waals surface area contributed by atoms with E-state index in [-0.39, 0.29) is 29.6 Å². The highest BCUT2D eigenvalue weighted by Crippen LogP contribution is 2.33. The predicted molar refractivity (Wildman–Crippen MR) is 132 cm³/mol. The van der Waals surface area contributed by atoms with Crippen LogP contribution in [0.15, 0.2) is 48.5 Å². The summed E-state index contributed by atoms with van der Waals surface area (Å²) in [7, 11) is -2.77. The molecule has 1 unspecified atom stereocenters. The van der Waals surface area contributed by atoms with Crippen LogP contribution in [0.2, 0.25) is 0 Å². The lowest BCUT2D eigenvalue weighted by molar-refractivity contribution is -0.384. The van der Waals surface area contributed by atoms with Crippen LogP contribution in [0, 0.1) is 10.1 Å².